The van der Waals surface area contributed by atoms with E-state index in [0.29, 0.717) is 32.1 Å². The van der Waals surface area contributed by atoms with Crippen LogP contribution in [0.4, 0.5) is 5.00 Å². The maximum atomic E-state index is 12.8. The highest BCUT2D eigenvalue weighted by atomic mass is 35.5. The van der Waals surface area contributed by atoms with Gasteiger partial charge in [0.25, 0.3) is 5.91 Å². The number of halogens is 2. The standard InChI is InChI=1S/C23H25Cl2NO5S/c1-4-30-23(29)20-14-9-8-12(2)10-18(14)32-22(20)26-21(28)13(3)31-19(27)11-15-16(24)6-5-7-17(15)25/h5-7,12-13H,4,8-11H2,1-3H3,(H,26,28). The van der Waals surface area contributed by atoms with Crippen molar-refractivity contribution in [2.45, 2.75) is 52.6 Å². The number of benzene rings is 1. The minimum Gasteiger partial charge on any atom is -0.462 e. The van der Waals surface area contributed by atoms with Gasteiger partial charge >= 0.3 is 11.9 Å². The van der Waals surface area contributed by atoms with Crippen molar-refractivity contribution < 1.29 is 23.9 Å². The van der Waals surface area contributed by atoms with Crippen molar-refractivity contribution in [3.05, 3.63) is 49.8 Å². The predicted molar refractivity (Wildman–Crippen MR) is 126 cm³/mol. The molecule has 32 heavy (non-hydrogen) atoms. The van der Waals surface area contributed by atoms with Gasteiger partial charge in [-0.2, -0.15) is 0 Å². The Balaban J connectivity index is 1.72. The summed E-state index contributed by atoms with van der Waals surface area (Å²) < 4.78 is 10.5. The van der Waals surface area contributed by atoms with Crippen LogP contribution in [0.5, 0.6) is 0 Å². The largest absolute Gasteiger partial charge is 0.462 e. The Morgan fingerprint density at radius 1 is 1.25 bits per heavy atom. The quantitative estimate of drug-likeness (QED) is 0.512. The summed E-state index contributed by atoms with van der Waals surface area (Å²) in [5, 5.41) is 3.90. The molecule has 6 nitrogen and oxygen atoms in total. The molecule has 1 amide bonds. The third-order valence-electron chi connectivity index (χ3n) is 5.29. The zero-order valence-electron chi connectivity index (χ0n) is 18.1. The van der Waals surface area contributed by atoms with Crippen LogP contribution >= 0.6 is 34.5 Å². The van der Waals surface area contributed by atoms with Crippen molar-refractivity contribution in [2.75, 3.05) is 11.9 Å². The first kappa shape index (κ1) is 24.6. The lowest BCUT2D eigenvalue weighted by atomic mass is 9.88. The molecule has 1 aromatic heterocycles. The Morgan fingerprint density at radius 3 is 2.59 bits per heavy atom. The zero-order chi connectivity index (χ0) is 23.4. The highest BCUT2D eigenvalue weighted by Gasteiger charge is 2.30. The molecule has 0 aliphatic heterocycles. The molecule has 1 N–H and O–H groups in total. The SMILES string of the molecule is CCOC(=O)c1c(NC(=O)C(C)OC(=O)Cc2c(Cl)cccc2Cl)sc2c1CCC(C)C2. The first-order chi connectivity index (χ1) is 15.2. The number of hydrogen-bond acceptors (Lipinski definition) is 6. The molecule has 1 aromatic carbocycles. The van der Waals surface area contributed by atoms with Gasteiger partial charge in [0.15, 0.2) is 6.10 Å². The Kier molecular flexibility index (Phi) is 8.20. The molecule has 2 aromatic rings. The highest BCUT2D eigenvalue weighted by Crippen LogP contribution is 2.40. The molecule has 1 heterocycles. The fourth-order valence-electron chi connectivity index (χ4n) is 3.61. The Morgan fingerprint density at radius 2 is 1.94 bits per heavy atom. The number of amides is 1. The molecule has 0 fully saturated rings. The van der Waals surface area contributed by atoms with Crippen LogP contribution < -0.4 is 5.32 Å². The van der Waals surface area contributed by atoms with Gasteiger partial charge in [0.05, 0.1) is 18.6 Å². The van der Waals surface area contributed by atoms with Crippen molar-refractivity contribution in [2.24, 2.45) is 5.92 Å². The van der Waals surface area contributed by atoms with Gasteiger partial charge in [-0.25, -0.2) is 4.79 Å². The summed E-state index contributed by atoms with van der Waals surface area (Å²) in [6.07, 6.45) is 1.36. The minimum absolute atomic E-state index is 0.157. The summed E-state index contributed by atoms with van der Waals surface area (Å²) in [4.78, 5) is 38.8. The molecule has 0 radical (unpaired) electrons. The molecule has 2 atom stereocenters. The number of rotatable bonds is 7. The summed E-state index contributed by atoms with van der Waals surface area (Å²) in [7, 11) is 0. The number of nitrogens with one attached hydrogen (secondary N) is 1. The van der Waals surface area contributed by atoms with E-state index < -0.39 is 23.9 Å². The molecule has 0 saturated heterocycles. The van der Waals surface area contributed by atoms with Crippen LogP contribution in [-0.4, -0.2) is 30.6 Å². The Labute approximate surface area is 201 Å². The van der Waals surface area contributed by atoms with Crippen LogP contribution in [0.1, 0.15) is 53.6 Å². The second-order valence-corrected chi connectivity index (χ2v) is 9.69. The monoisotopic (exact) mass is 497 g/mol. The third kappa shape index (κ3) is 5.63. The number of carbonyl (C=O) groups excluding carboxylic acids is 3. The van der Waals surface area contributed by atoms with E-state index in [1.54, 1.807) is 25.1 Å². The predicted octanol–water partition coefficient (Wildman–Crippen LogP) is 5.47. The Hall–Kier alpha value is -2.09. The van der Waals surface area contributed by atoms with Gasteiger partial charge in [0.2, 0.25) is 0 Å². The van der Waals surface area contributed by atoms with Gasteiger partial charge in [-0.3, -0.25) is 9.59 Å². The average molecular weight is 498 g/mol. The summed E-state index contributed by atoms with van der Waals surface area (Å²) in [5.74, 6) is -1.10. The second-order valence-electron chi connectivity index (χ2n) is 7.77. The number of thiophene rings is 1. The van der Waals surface area contributed by atoms with Crippen molar-refractivity contribution in [3.63, 3.8) is 0 Å². The number of hydrogen-bond donors (Lipinski definition) is 1. The van der Waals surface area contributed by atoms with E-state index in [-0.39, 0.29) is 13.0 Å². The number of anilines is 1. The van der Waals surface area contributed by atoms with Gasteiger partial charge in [-0.1, -0.05) is 36.2 Å². The molecule has 3 rings (SSSR count). The summed E-state index contributed by atoms with van der Waals surface area (Å²) >= 11 is 13.6. The van der Waals surface area contributed by atoms with Crippen molar-refractivity contribution in [1.29, 1.82) is 0 Å². The van der Waals surface area contributed by atoms with Crippen molar-refractivity contribution >= 4 is 57.4 Å². The molecule has 1 aliphatic carbocycles. The fourth-order valence-corrected chi connectivity index (χ4v) is 5.54. The van der Waals surface area contributed by atoms with Crippen molar-refractivity contribution in [3.8, 4) is 0 Å². The Bertz CT molecular complexity index is 1020. The molecule has 0 bridgehead atoms. The van der Waals surface area contributed by atoms with Crippen molar-refractivity contribution in [1.82, 2.24) is 0 Å². The smallest absolute Gasteiger partial charge is 0.341 e. The van der Waals surface area contributed by atoms with E-state index in [4.69, 9.17) is 32.7 Å². The maximum Gasteiger partial charge on any atom is 0.341 e. The van der Waals surface area contributed by atoms with Gasteiger partial charge in [-0.05, 0) is 56.7 Å². The number of ether oxygens (including phenoxy) is 2. The van der Waals surface area contributed by atoms with Gasteiger partial charge in [0.1, 0.15) is 5.00 Å². The molecule has 9 heteroatoms. The molecule has 2 unspecified atom stereocenters. The van der Waals surface area contributed by atoms with E-state index in [0.717, 1.165) is 29.7 Å². The minimum atomic E-state index is -1.07. The molecule has 1 aliphatic rings. The van der Waals surface area contributed by atoms with Crippen LogP contribution in [0.3, 0.4) is 0 Å². The van der Waals surface area contributed by atoms with E-state index >= 15 is 0 Å². The van der Waals surface area contributed by atoms with Gasteiger partial charge in [-0.15, -0.1) is 11.3 Å². The van der Waals surface area contributed by atoms with Crippen LogP contribution in [0.25, 0.3) is 0 Å². The zero-order valence-corrected chi connectivity index (χ0v) is 20.5. The van der Waals surface area contributed by atoms with Crippen LogP contribution in [0.15, 0.2) is 18.2 Å². The lowest BCUT2D eigenvalue weighted by Gasteiger charge is -2.18. The van der Waals surface area contributed by atoms with Crippen LogP contribution in [0.2, 0.25) is 10.0 Å². The average Bonchev–Trinajstić information content (AvgIpc) is 3.07. The number of carbonyl (C=O) groups is 3. The topological polar surface area (TPSA) is 81.7 Å². The van der Waals surface area contributed by atoms with Crippen LogP contribution in [0, 0.1) is 5.92 Å². The van der Waals surface area contributed by atoms with Crippen LogP contribution in [-0.2, 0) is 38.3 Å². The van der Waals surface area contributed by atoms with E-state index in [2.05, 4.69) is 12.2 Å². The normalized spacial score (nSPS) is 16.1. The maximum absolute atomic E-state index is 12.8. The molecule has 0 saturated carbocycles. The first-order valence-corrected chi connectivity index (χ1v) is 12.0. The number of fused-ring (bicyclic) bond motifs is 1. The lowest BCUT2D eigenvalue weighted by Crippen LogP contribution is -2.30. The molecular formula is C23H25Cl2NO5S. The fraction of sp³-hybridized carbons (Fsp3) is 0.435. The summed E-state index contributed by atoms with van der Waals surface area (Å²) in [6, 6.07) is 4.93. The number of esters is 2. The third-order valence-corrected chi connectivity index (χ3v) is 7.17. The summed E-state index contributed by atoms with van der Waals surface area (Å²) in [5.41, 5.74) is 1.80. The van der Waals surface area contributed by atoms with E-state index in [1.807, 2.05) is 0 Å². The lowest BCUT2D eigenvalue weighted by molar-refractivity contribution is -0.152. The molecule has 0 spiro atoms. The first-order valence-electron chi connectivity index (χ1n) is 10.5. The molecule has 172 valence electrons. The van der Waals surface area contributed by atoms with E-state index in [1.165, 1.54) is 18.3 Å². The van der Waals surface area contributed by atoms with Gasteiger partial charge < -0.3 is 14.8 Å². The summed E-state index contributed by atoms with van der Waals surface area (Å²) in [6.45, 7) is 5.62. The highest BCUT2D eigenvalue weighted by molar-refractivity contribution is 7.17. The molecular weight excluding hydrogens is 473 g/mol. The van der Waals surface area contributed by atoms with Gasteiger partial charge in [0, 0.05) is 20.5 Å². The van der Waals surface area contributed by atoms with E-state index in [9.17, 15) is 14.4 Å². The second kappa shape index (κ2) is 10.7.